The first kappa shape index (κ1) is 22.4. The van der Waals surface area contributed by atoms with E-state index in [-0.39, 0.29) is 24.0 Å². The maximum Gasteiger partial charge on any atom is 0.191 e. The van der Waals surface area contributed by atoms with Crippen LogP contribution in [0.1, 0.15) is 58.3 Å². The van der Waals surface area contributed by atoms with Crippen molar-refractivity contribution in [2.45, 2.75) is 63.5 Å². The Kier molecular flexibility index (Phi) is 13.5. The molecule has 0 saturated carbocycles. The minimum atomic E-state index is 0. The van der Waals surface area contributed by atoms with Gasteiger partial charge in [0.05, 0.1) is 6.54 Å². The smallest absolute Gasteiger partial charge is 0.191 e. The lowest BCUT2D eigenvalue weighted by atomic mass is 10.1. The van der Waals surface area contributed by atoms with Crippen molar-refractivity contribution in [1.29, 1.82) is 0 Å². The second-order valence-corrected chi connectivity index (χ2v) is 8.15. The summed E-state index contributed by atoms with van der Waals surface area (Å²) >= 11 is 2.08. The highest BCUT2D eigenvalue weighted by Gasteiger charge is 2.15. The molecule has 2 N–H and O–H groups in total. The van der Waals surface area contributed by atoms with Crippen LogP contribution in [-0.2, 0) is 0 Å². The van der Waals surface area contributed by atoms with Crippen molar-refractivity contribution in [1.82, 2.24) is 15.5 Å². The van der Waals surface area contributed by atoms with E-state index < -0.39 is 0 Å². The van der Waals surface area contributed by atoms with Crippen LogP contribution in [0.25, 0.3) is 0 Å². The van der Waals surface area contributed by atoms with Gasteiger partial charge in [0.1, 0.15) is 0 Å². The third-order valence-corrected chi connectivity index (χ3v) is 6.09. The maximum atomic E-state index is 4.75. The molecular formula is C18H37IN4S. The highest BCUT2D eigenvalue weighted by atomic mass is 127. The highest BCUT2D eigenvalue weighted by molar-refractivity contribution is 14.0. The van der Waals surface area contributed by atoms with Gasteiger partial charge in [-0.3, -0.25) is 4.99 Å². The number of halogens is 1. The fraction of sp³-hybridized carbons (Fsp3) is 0.944. The van der Waals surface area contributed by atoms with E-state index in [1.807, 2.05) is 0 Å². The molecule has 1 unspecified atom stereocenters. The van der Waals surface area contributed by atoms with E-state index in [1.54, 1.807) is 0 Å². The number of aliphatic imine (C=N–C) groups is 1. The van der Waals surface area contributed by atoms with Gasteiger partial charge in [-0.05, 0) is 70.8 Å². The number of rotatable bonds is 9. The SMILES string of the molecule is CCNC(=NCC1CCCS1)NCCCCCN1CCCCC1.I. The monoisotopic (exact) mass is 468 g/mol. The molecule has 0 radical (unpaired) electrons. The summed E-state index contributed by atoms with van der Waals surface area (Å²) in [6.07, 6.45) is 10.9. The zero-order valence-electron chi connectivity index (χ0n) is 15.4. The fourth-order valence-electron chi connectivity index (χ4n) is 3.35. The van der Waals surface area contributed by atoms with Crippen LogP contribution in [0.2, 0.25) is 0 Å². The molecule has 4 nitrogen and oxygen atoms in total. The predicted octanol–water partition coefficient (Wildman–Crippen LogP) is 3.71. The molecule has 2 aliphatic rings. The Bertz CT molecular complexity index is 329. The first-order valence-electron chi connectivity index (χ1n) is 9.74. The molecule has 6 heteroatoms. The molecule has 0 amide bonds. The number of thioether (sulfide) groups is 1. The molecular weight excluding hydrogens is 431 g/mol. The van der Waals surface area contributed by atoms with Crippen molar-refractivity contribution in [3.63, 3.8) is 0 Å². The third kappa shape index (κ3) is 9.70. The van der Waals surface area contributed by atoms with E-state index in [2.05, 4.69) is 34.2 Å². The van der Waals surface area contributed by atoms with Gasteiger partial charge >= 0.3 is 0 Å². The van der Waals surface area contributed by atoms with E-state index in [1.165, 1.54) is 76.8 Å². The number of hydrogen-bond acceptors (Lipinski definition) is 3. The lowest BCUT2D eigenvalue weighted by Crippen LogP contribution is -2.38. The first-order chi connectivity index (χ1) is 11.4. The van der Waals surface area contributed by atoms with Crippen LogP contribution in [0.4, 0.5) is 0 Å². The molecule has 0 aliphatic carbocycles. The van der Waals surface area contributed by atoms with Gasteiger partial charge in [0, 0.05) is 18.3 Å². The molecule has 0 aromatic rings. The Balaban J connectivity index is 0.00000288. The van der Waals surface area contributed by atoms with Crippen LogP contribution in [0.15, 0.2) is 4.99 Å². The zero-order chi connectivity index (χ0) is 16.2. The largest absolute Gasteiger partial charge is 0.357 e. The molecule has 2 heterocycles. The van der Waals surface area contributed by atoms with Gasteiger partial charge in [-0.1, -0.05) is 12.8 Å². The van der Waals surface area contributed by atoms with Crippen LogP contribution in [0, 0.1) is 0 Å². The van der Waals surface area contributed by atoms with Gasteiger partial charge in [0.2, 0.25) is 0 Å². The lowest BCUT2D eigenvalue weighted by molar-refractivity contribution is 0.224. The van der Waals surface area contributed by atoms with Crippen LogP contribution in [0.3, 0.4) is 0 Å². The molecule has 2 fully saturated rings. The summed E-state index contributed by atoms with van der Waals surface area (Å²) in [6, 6.07) is 0. The summed E-state index contributed by atoms with van der Waals surface area (Å²) in [5, 5.41) is 7.62. The van der Waals surface area contributed by atoms with Crippen molar-refractivity contribution in [3.8, 4) is 0 Å². The predicted molar refractivity (Wildman–Crippen MR) is 119 cm³/mol. The van der Waals surface area contributed by atoms with Gasteiger partial charge < -0.3 is 15.5 Å². The summed E-state index contributed by atoms with van der Waals surface area (Å²) < 4.78 is 0. The average molecular weight is 468 g/mol. The molecule has 2 aliphatic heterocycles. The summed E-state index contributed by atoms with van der Waals surface area (Å²) in [7, 11) is 0. The summed E-state index contributed by atoms with van der Waals surface area (Å²) in [6.45, 7) is 9.05. The molecule has 0 spiro atoms. The minimum Gasteiger partial charge on any atom is -0.357 e. The van der Waals surface area contributed by atoms with E-state index in [4.69, 9.17) is 4.99 Å². The molecule has 0 aromatic carbocycles. The maximum absolute atomic E-state index is 4.75. The summed E-state index contributed by atoms with van der Waals surface area (Å²) in [4.78, 5) is 7.39. The number of unbranched alkanes of at least 4 members (excludes halogenated alkanes) is 2. The van der Waals surface area contributed by atoms with Gasteiger partial charge in [0.15, 0.2) is 5.96 Å². The van der Waals surface area contributed by atoms with Gasteiger partial charge in [-0.15, -0.1) is 24.0 Å². The summed E-state index contributed by atoms with van der Waals surface area (Å²) in [5.74, 6) is 2.33. The van der Waals surface area contributed by atoms with Crippen LogP contribution in [-0.4, -0.2) is 61.1 Å². The Morgan fingerprint density at radius 2 is 1.92 bits per heavy atom. The summed E-state index contributed by atoms with van der Waals surface area (Å²) in [5.41, 5.74) is 0. The van der Waals surface area contributed by atoms with E-state index in [0.29, 0.717) is 0 Å². The van der Waals surface area contributed by atoms with Crippen molar-refractivity contribution in [3.05, 3.63) is 0 Å². The molecule has 24 heavy (non-hydrogen) atoms. The van der Waals surface area contributed by atoms with Crippen LogP contribution < -0.4 is 10.6 Å². The van der Waals surface area contributed by atoms with E-state index in [0.717, 1.165) is 30.8 Å². The van der Waals surface area contributed by atoms with Crippen molar-refractivity contribution < 1.29 is 0 Å². The number of piperidine rings is 1. The number of likely N-dealkylation sites (tertiary alicyclic amines) is 1. The molecule has 0 aromatic heterocycles. The molecule has 0 bridgehead atoms. The average Bonchev–Trinajstić information content (AvgIpc) is 3.10. The molecule has 2 rings (SSSR count). The zero-order valence-corrected chi connectivity index (χ0v) is 18.5. The quantitative estimate of drug-likeness (QED) is 0.234. The standard InChI is InChI=1S/C18H36N4S.HI/c1-2-19-18(21-16-17-10-9-15-23-17)20-11-5-3-6-12-22-13-7-4-8-14-22;/h17H,2-16H2,1H3,(H2,19,20,21);1H. The van der Waals surface area contributed by atoms with Gasteiger partial charge in [-0.25, -0.2) is 0 Å². The Labute approximate surface area is 170 Å². The molecule has 2 saturated heterocycles. The second-order valence-electron chi connectivity index (χ2n) is 6.74. The normalized spacial score (nSPS) is 22.2. The fourth-order valence-corrected chi connectivity index (χ4v) is 4.53. The number of nitrogens with zero attached hydrogens (tertiary/aromatic N) is 2. The lowest BCUT2D eigenvalue weighted by Gasteiger charge is -2.26. The van der Waals surface area contributed by atoms with Gasteiger partial charge in [0.25, 0.3) is 0 Å². The molecule has 1 atom stereocenters. The number of nitrogens with one attached hydrogen (secondary N) is 2. The number of guanidine groups is 1. The Morgan fingerprint density at radius 3 is 2.62 bits per heavy atom. The second kappa shape index (κ2) is 14.5. The first-order valence-corrected chi connectivity index (χ1v) is 10.8. The van der Waals surface area contributed by atoms with Gasteiger partial charge in [-0.2, -0.15) is 11.8 Å². The van der Waals surface area contributed by atoms with E-state index in [9.17, 15) is 0 Å². The highest BCUT2D eigenvalue weighted by Crippen LogP contribution is 2.25. The van der Waals surface area contributed by atoms with Crippen LogP contribution in [0.5, 0.6) is 0 Å². The Hall–Kier alpha value is 0.310. The van der Waals surface area contributed by atoms with E-state index >= 15 is 0 Å². The molecule has 142 valence electrons. The number of hydrogen-bond donors (Lipinski definition) is 2. The van der Waals surface area contributed by atoms with Crippen molar-refractivity contribution in [2.75, 3.05) is 45.0 Å². The van der Waals surface area contributed by atoms with Crippen LogP contribution >= 0.6 is 35.7 Å². The van der Waals surface area contributed by atoms with Crippen molar-refractivity contribution >= 4 is 41.7 Å². The Morgan fingerprint density at radius 1 is 1.08 bits per heavy atom. The minimum absolute atomic E-state index is 0. The third-order valence-electron chi connectivity index (χ3n) is 4.71. The topological polar surface area (TPSA) is 39.7 Å². The van der Waals surface area contributed by atoms with Crippen molar-refractivity contribution in [2.24, 2.45) is 4.99 Å².